The fourth-order valence-corrected chi connectivity index (χ4v) is 4.50. The van der Waals surface area contributed by atoms with Crippen LogP contribution in [0.25, 0.3) is 0 Å². The van der Waals surface area contributed by atoms with Crippen molar-refractivity contribution in [2.45, 2.75) is 38.1 Å². The average molecular weight is 370 g/mol. The molecule has 0 spiro atoms. The zero-order chi connectivity index (χ0) is 18.4. The van der Waals surface area contributed by atoms with Crippen molar-refractivity contribution in [1.29, 1.82) is 0 Å². The van der Waals surface area contributed by atoms with Gasteiger partial charge in [0.2, 0.25) is 0 Å². The molecule has 2 heterocycles. The Morgan fingerprint density at radius 3 is 2.81 bits per heavy atom. The molecule has 27 heavy (non-hydrogen) atoms. The van der Waals surface area contributed by atoms with Crippen LogP contribution in [0.1, 0.15) is 41.0 Å². The molecule has 1 aliphatic carbocycles. The highest BCUT2D eigenvalue weighted by Crippen LogP contribution is 2.51. The van der Waals surface area contributed by atoms with Crippen LogP contribution in [0.15, 0.2) is 24.3 Å². The van der Waals surface area contributed by atoms with Gasteiger partial charge in [-0.05, 0) is 85.6 Å². The number of benzene rings is 2. The summed E-state index contributed by atoms with van der Waals surface area (Å²) in [4.78, 5) is 2.20. The molecule has 0 amide bonds. The van der Waals surface area contributed by atoms with Gasteiger partial charge in [-0.25, -0.2) is 8.78 Å². The van der Waals surface area contributed by atoms with Crippen LogP contribution in [0.5, 0.6) is 5.75 Å². The van der Waals surface area contributed by atoms with Gasteiger partial charge >= 0.3 is 0 Å². The molecule has 3 nitrogen and oxygen atoms in total. The monoisotopic (exact) mass is 370 g/mol. The van der Waals surface area contributed by atoms with Crippen LogP contribution < -0.4 is 15.0 Å². The number of ether oxygens (including phenoxy) is 1. The van der Waals surface area contributed by atoms with E-state index in [1.54, 1.807) is 0 Å². The number of fused-ring (bicyclic) bond motifs is 2. The minimum absolute atomic E-state index is 0.351. The van der Waals surface area contributed by atoms with E-state index in [0.29, 0.717) is 31.2 Å². The first-order chi connectivity index (χ1) is 13.2. The molecule has 5 rings (SSSR count). The highest BCUT2D eigenvalue weighted by molar-refractivity contribution is 5.71. The average Bonchev–Trinajstić information content (AvgIpc) is 3.50. The van der Waals surface area contributed by atoms with E-state index in [1.165, 1.54) is 47.7 Å². The second-order valence-corrected chi connectivity index (χ2v) is 7.80. The van der Waals surface area contributed by atoms with Gasteiger partial charge in [-0.1, -0.05) is 0 Å². The van der Waals surface area contributed by atoms with Gasteiger partial charge in [-0.15, -0.1) is 0 Å². The van der Waals surface area contributed by atoms with Crippen LogP contribution in [0.3, 0.4) is 0 Å². The van der Waals surface area contributed by atoms with Gasteiger partial charge in [-0.2, -0.15) is 0 Å². The van der Waals surface area contributed by atoms with Crippen molar-refractivity contribution in [1.82, 2.24) is 5.32 Å². The summed E-state index contributed by atoms with van der Waals surface area (Å²) < 4.78 is 34.0. The molecule has 5 heteroatoms. The van der Waals surface area contributed by atoms with Crippen molar-refractivity contribution < 1.29 is 13.5 Å². The molecule has 0 aromatic heterocycles. The molecule has 142 valence electrons. The quantitative estimate of drug-likeness (QED) is 0.886. The van der Waals surface area contributed by atoms with E-state index < -0.39 is 5.82 Å². The number of rotatable bonds is 3. The zero-order valence-electron chi connectivity index (χ0n) is 15.4. The maximum Gasteiger partial charge on any atom is 0.143 e. The Morgan fingerprint density at radius 1 is 1.11 bits per heavy atom. The van der Waals surface area contributed by atoms with Gasteiger partial charge in [0.15, 0.2) is 0 Å². The SMILES string of the molecule is Fc1ccc(F)c(CN2CCOc3cc4c(c(C5CC5)c32)CCNCC4)c1. The molecule has 1 N–H and O–H groups in total. The Hall–Kier alpha value is -2.14. The van der Waals surface area contributed by atoms with Gasteiger partial charge < -0.3 is 15.0 Å². The number of hydrogen-bond acceptors (Lipinski definition) is 3. The van der Waals surface area contributed by atoms with E-state index in [-0.39, 0.29) is 5.82 Å². The topological polar surface area (TPSA) is 24.5 Å². The molecule has 1 saturated carbocycles. The lowest BCUT2D eigenvalue weighted by Gasteiger charge is -2.35. The van der Waals surface area contributed by atoms with Gasteiger partial charge in [0.25, 0.3) is 0 Å². The Kier molecular flexibility index (Phi) is 4.27. The van der Waals surface area contributed by atoms with Crippen molar-refractivity contribution in [3.8, 4) is 5.75 Å². The highest BCUT2D eigenvalue weighted by atomic mass is 19.1. The lowest BCUT2D eigenvalue weighted by atomic mass is 9.91. The second kappa shape index (κ2) is 6.79. The van der Waals surface area contributed by atoms with Gasteiger partial charge in [0.1, 0.15) is 24.0 Å². The first-order valence-electron chi connectivity index (χ1n) is 9.92. The predicted molar refractivity (Wildman–Crippen MR) is 102 cm³/mol. The number of halogens is 2. The number of hydrogen-bond donors (Lipinski definition) is 1. The Balaban J connectivity index is 1.60. The third-order valence-corrected chi connectivity index (χ3v) is 5.92. The van der Waals surface area contributed by atoms with Crippen LogP contribution in [0.2, 0.25) is 0 Å². The van der Waals surface area contributed by atoms with Crippen LogP contribution in [-0.2, 0) is 19.4 Å². The van der Waals surface area contributed by atoms with Crippen LogP contribution in [0, 0.1) is 11.6 Å². The Morgan fingerprint density at radius 2 is 1.96 bits per heavy atom. The predicted octanol–water partition coefficient (Wildman–Crippen LogP) is 3.93. The molecule has 2 aromatic rings. The van der Waals surface area contributed by atoms with Crippen LogP contribution in [-0.4, -0.2) is 26.2 Å². The molecular formula is C22H24F2N2O. The molecule has 1 fully saturated rings. The van der Waals surface area contributed by atoms with E-state index in [1.807, 2.05) is 0 Å². The largest absolute Gasteiger partial charge is 0.490 e. The summed E-state index contributed by atoms with van der Waals surface area (Å²) in [7, 11) is 0. The van der Waals surface area contributed by atoms with Crippen molar-refractivity contribution in [2.75, 3.05) is 31.1 Å². The van der Waals surface area contributed by atoms with Crippen LogP contribution in [0.4, 0.5) is 14.5 Å². The first kappa shape index (κ1) is 17.0. The third kappa shape index (κ3) is 3.18. The fraction of sp³-hybridized carbons (Fsp3) is 0.455. The molecule has 0 bridgehead atoms. The lowest BCUT2D eigenvalue weighted by molar-refractivity contribution is 0.305. The van der Waals surface area contributed by atoms with Crippen molar-refractivity contribution in [3.63, 3.8) is 0 Å². The molecule has 0 unspecified atom stereocenters. The minimum atomic E-state index is -0.393. The lowest BCUT2D eigenvalue weighted by Crippen LogP contribution is -2.34. The first-order valence-corrected chi connectivity index (χ1v) is 9.92. The van der Waals surface area contributed by atoms with E-state index in [9.17, 15) is 8.78 Å². The molecule has 0 radical (unpaired) electrons. The molecule has 0 atom stereocenters. The van der Waals surface area contributed by atoms with Gasteiger partial charge in [0.05, 0.1) is 12.2 Å². The number of anilines is 1. The molecule has 2 aliphatic heterocycles. The third-order valence-electron chi connectivity index (χ3n) is 5.92. The van der Waals surface area contributed by atoms with Crippen molar-refractivity contribution in [3.05, 3.63) is 58.2 Å². The van der Waals surface area contributed by atoms with E-state index >= 15 is 0 Å². The molecule has 3 aliphatic rings. The summed E-state index contributed by atoms with van der Waals surface area (Å²) in [5.74, 6) is 0.751. The minimum Gasteiger partial charge on any atom is -0.490 e. The smallest absolute Gasteiger partial charge is 0.143 e. The maximum atomic E-state index is 14.3. The number of nitrogens with one attached hydrogen (secondary N) is 1. The molecule has 0 saturated heterocycles. The van der Waals surface area contributed by atoms with Crippen molar-refractivity contribution in [2.24, 2.45) is 0 Å². The van der Waals surface area contributed by atoms with Crippen LogP contribution >= 0.6 is 0 Å². The fourth-order valence-electron chi connectivity index (χ4n) is 4.50. The standard InChI is InChI=1S/C22H24F2N2O/c23-17-3-4-19(24)16(11-17)13-26-9-10-27-20-12-15-5-7-25-8-6-18(15)21(22(20)26)14-1-2-14/h3-4,11-12,14,25H,1-2,5-10,13H2. The van der Waals surface area contributed by atoms with Gasteiger partial charge in [-0.3, -0.25) is 0 Å². The molecule has 2 aromatic carbocycles. The molecular weight excluding hydrogens is 346 g/mol. The Bertz CT molecular complexity index is 879. The summed E-state index contributed by atoms with van der Waals surface area (Å²) >= 11 is 0. The summed E-state index contributed by atoms with van der Waals surface area (Å²) in [5.41, 5.74) is 5.77. The summed E-state index contributed by atoms with van der Waals surface area (Å²) in [5, 5.41) is 3.49. The summed E-state index contributed by atoms with van der Waals surface area (Å²) in [6.07, 6.45) is 4.46. The summed E-state index contributed by atoms with van der Waals surface area (Å²) in [6.45, 7) is 3.63. The normalized spacial score (nSPS) is 19.1. The number of nitrogens with zero attached hydrogens (tertiary/aromatic N) is 1. The van der Waals surface area contributed by atoms with E-state index in [0.717, 1.165) is 37.4 Å². The van der Waals surface area contributed by atoms with E-state index in [2.05, 4.69) is 16.3 Å². The Labute approximate surface area is 158 Å². The highest BCUT2D eigenvalue weighted by Gasteiger charge is 2.35. The van der Waals surface area contributed by atoms with E-state index in [4.69, 9.17) is 4.74 Å². The summed E-state index contributed by atoms with van der Waals surface area (Å²) in [6, 6.07) is 5.90. The zero-order valence-corrected chi connectivity index (χ0v) is 15.4. The van der Waals surface area contributed by atoms with Gasteiger partial charge in [0, 0.05) is 12.1 Å². The van der Waals surface area contributed by atoms with Crippen molar-refractivity contribution >= 4 is 5.69 Å². The second-order valence-electron chi connectivity index (χ2n) is 7.80. The maximum absolute atomic E-state index is 14.3.